The van der Waals surface area contributed by atoms with E-state index < -0.39 is 0 Å². The van der Waals surface area contributed by atoms with E-state index in [0.717, 1.165) is 16.5 Å². The predicted octanol–water partition coefficient (Wildman–Crippen LogP) is 2.53. The van der Waals surface area contributed by atoms with Crippen LogP contribution in [0.1, 0.15) is 16.2 Å². The Morgan fingerprint density at radius 3 is 3.07 bits per heavy atom. The maximum absolute atomic E-state index is 8.65. The minimum absolute atomic E-state index is 0.665. The lowest BCUT2D eigenvalue weighted by Gasteiger charge is -1.97. The van der Waals surface area contributed by atoms with Gasteiger partial charge in [0.2, 0.25) is 0 Å². The number of hydrogen-bond acceptors (Lipinski definition) is 5. The van der Waals surface area contributed by atoms with E-state index in [1.807, 2.05) is 24.4 Å². The van der Waals surface area contributed by atoms with Crippen molar-refractivity contribution in [1.82, 2.24) is 5.16 Å². The van der Waals surface area contributed by atoms with Crippen LogP contribution in [0.4, 0.5) is 5.82 Å². The van der Waals surface area contributed by atoms with Gasteiger partial charge in [-0.1, -0.05) is 5.16 Å². The first-order valence-corrected chi connectivity index (χ1v) is 5.30. The molecule has 2 heterocycles. The second kappa shape index (κ2) is 4.15. The number of aryl methyl sites for hydroxylation is 1. The van der Waals surface area contributed by atoms with Crippen LogP contribution >= 0.6 is 11.3 Å². The molecule has 76 valence electrons. The van der Waals surface area contributed by atoms with Crippen molar-refractivity contribution in [2.24, 2.45) is 0 Å². The fourth-order valence-corrected chi connectivity index (χ4v) is 1.91. The smallest absolute Gasteiger partial charge is 0.169 e. The van der Waals surface area contributed by atoms with Gasteiger partial charge in [-0.2, -0.15) is 5.26 Å². The van der Waals surface area contributed by atoms with E-state index in [0.29, 0.717) is 12.1 Å². The van der Waals surface area contributed by atoms with Crippen LogP contribution in [-0.2, 0) is 6.54 Å². The quantitative estimate of drug-likeness (QED) is 0.861. The van der Waals surface area contributed by atoms with Crippen LogP contribution in [-0.4, -0.2) is 5.16 Å². The average molecular weight is 219 g/mol. The summed E-state index contributed by atoms with van der Waals surface area (Å²) in [6, 6.07) is 5.80. The van der Waals surface area contributed by atoms with Crippen LogP contribution in [0.25, 0.3) is 0 Å². The molecule has 15 heavy (non-hydrogen) atoms. The van der Waals surface area contributed by atoms with Crippen LogP contribution < -0.4 is 5.32 Å². The van der Waals surface area contributed by atoms with E-state index in [2.05, 4.69) is 16.5 Å². The molecular weight excluding hydrogens is 210 g/mol. The van der Waals surface area contributed by atoms with Gasteiger partial charge in [0.15, 0.2) is 5.82 Å². The van der Waals surface area contributed by atoms with Crippen molar-refractivity contribution in [2.45, 2.75) is 13.5 Å². The van der Waals surface area contributed by atoms with E-state index in [1.54, 1.807) is 11.3 Å². The fourth-order valence-electron chi connectivity index (χ4n) is 1.16. The molecule has 0 saturated heterocycles. The van der Waals surface area contributed by atoms with Crippen molar-refractivity contribution in [2.75, 3.05) is 5.32 Å². The fraction of sp³-hybridized carbons (Fsp3) is 0.200. The molecule has 1 N–H and O–H groups in total. The van der Waals surface area contributed by atoms with Gasteiger partial charge in [-0.15, -0.1) is 11.3 Å². The van der Waals surface area contributed by atoms with Crippen molar-refractivity contribution in [3.63, 3.8) is 0 Å². The molecule has 2 aromatic heterocycles. The van der Waals surface area contributed by atoms with Crippen molar-refractivity contribution in [1.29, 1.82) is 5.26 Å². The van der Waals surface area contributed by atoms with Gasteiger partial charge in [0.05, 0.1) is 12.1 Å². The lowest BCUT2D eigenvalue weighted by molar-refractivity contribution is 0.399. The third-order valence-electron chi connectivity index (χ3n) is 1.85. The van der Waals surface area contributed by atoms with Crippen LogP contribution in [0.2, 0.25) is 0 Å². The molecule has 2 aromatic rings. The zero-order valence-electron chi connectivity index (χ0n) is 8.15. The lowest BCUT2D eigenvalue weighted by Crippen LogP contribution is -1.96. The van der Waals surface area contributed by atoms with Crippen molar-refractivity contribution >= 4 is 17.2 Å². The average Bonchev–Trinajstić information content (AvgIpc) is 2.83. The topological polar surface area (TPSA) is 61.9 Å². The highest BCUT2D eigenvalue weighted by molar-refractivity contribution is 7.10. The molecule has 4 nitrogen and oxygen atoms in total. The number of rotatable bonds is 3. The van der Waals surface area contributed by atoms with Crippen molar-refractivity contribution in [3.8, 4) is 6.07 Å². The minimum Gasteiger partial charge on any atom is -0.362 e. The van der Waals surface area contributed by atoms with Crippen molar-refractivity contribution < 1.29 is 4.52 Å². The number of aromatic nitrogens is 1. The van der Waals surface area contributed by atoms with E-state index in [-0.39, 0.29) is 0 Å². The Morgan fingerprint density at radius 2 is 2.47 bits per heavy atom. The molecular formula is C10H9N3OS. The first-order valence-electron chi connectivity index (χ1n) is 4.42. The summed E-state index contributed by atoms with van der Waals surface area (Å²) in [4.78, 5) is 1.10. The third kappa shape index (κ3) is 2.36. The number of thiophene rings is 1. The van der Waals surface area contributed by atoms with Gasteiger partial charge in [-0.05, 0) is 13.0 Å². The molecule has 0 aliphatic heterocycles. The highest BCUT2D eigenvalue weighted by atomic mass is 32.1. The second-order valence-electron chi connectivity index (χ2n) is 3.09. The lowest BCUT2D eigenvalue weighted by atomic mass is 10.3. The van der Waals surface area contributed by atoms with E-state index in [4.69, 9.17) is 9.78 Å². The maximum atomic E-state index is 8.65. The van der Waals surface area contributed by atoms with Crippen LogP contribution in [0.15, 0.2) is 22.0 Å². The zero-order valence-corrected chi connectivity index (χ0v) is 8.97. The van der Waals surface area contributed by atoms with Crippen molar-refractivity contribution in [3.05, 3.63) is 33.7 Å². The minimum atomic E-state index is 0.665. The Kier molecular flexibility index (Phi) is 2.70. The Balaban J connectivity index is 1.96. The predicted molar refractivity (Wildman–Crippen MR) is 57.6 cm³/mol. The number of hydrogen-bond donors (Lipinski definition) is 1. The highest BCUT2D eigenvalue weighted by Gasteiger charge is 2.01. The maximum Gasteiger partial charge on any atom is 0.169 e. The molecule has 5 heteroatoms. The standard InChI is InChI=1S/C10H9N3OS/c1-7-2-10(13-14-7)12-5-9-3-8(4-11)6-15-9/h2-3,6H,5H2,1H3,(H,12,13). The van der Waals surface area contributed by atoms with Crippen LogP contribution in [0.3, 0.4) is 0 Å². The normalized spacial score (nSPS) is 9.87. The molecule has 0 aromatic carbocycles. The van der Waals surface area contributed by atoms with E-state index >= 15 is 0 Å². The van der Waals surface area contributed by atoms with Gasteiger partial charge < -0.3 is 9.84 Å². The number of nitrogens with zero attached hydrogens (tertiary/aromatic N) is 2. The van der Waals surface area contributed by atoms with E-state index in [9.17, 15) is 0 Å². The number of nitriles is 1. The molecule has 0 atom stereocenters. The molecule has 0 aliphatic rings. The van der Waals surface area contributed by atoms with Gasteiger partial charge >= 0.3 is 0 Å². The zero-order chi connectivity index (χ0) is 10.7. The van der Waals surface area contributed by atoms with E-state index in [1.165, 1.54) is 0 Å². The Hall–Kier alpha value is -1.80. The summed E-state index contributed by atoms with van der Waals surface area (Å²) >= 11 is 1.56. The largest absolute Gasteiger partial charge is 0.362 e. The summed E-state index contributed by atoms with van der Waals surface area (Å²) < 4.78 is 4.92. The highest BCUT2D eigenvalue weighted by Crippen LogP contribution is 2.16. The molecule has 0 amide bonds. The molecule has 2 rings (SSSR count). The molecule has 0 unspecified atom stereocenters. The molecule has 0 saturated carbocycles. The Bertz CT molecular complexity index is 495. The molecule has 0 fully saturated rings. The second-order valence-corrected chi connectivity index (χ2v) is 4.09. The van der Waals surface area contributed by atoms with Gasteiger partial charge in [0.25, 0.3) is 0 Å². The van der Waals surface area contributed by atoms with Crippen LogP contribution in [0, 0.1) is 18.3 Å². The first kappa shape index (κ1) is 9.74. The third-order valence-corrected chi connectivity index (χ3v) is 2.79. The first-order chi connectivity index (χ1) is 7.28. The summed E-state index contributed by atoms with van der Waals surface area (Å²) in [5, 5.41) is 17.4. The molecule has 0 spiro atoms. The molecule has 0 bridgehead atoms. The van der Waals surface area contributed by atoms with Gasteiger partial charge in [-0.3, -0.25) is 0 Å². The number of nitrogens with one attached hydrogen (secondary N) is 1. The summed E-state index contributed by atoms with van der Waals surface area (Å²) in [6.45, 7) is 2.51. The summed E-state index contributed by atoms with van der Waals surface area (Å²) in [6.07, 6.45) is 0. The SMILES string of the molecule is Cc1cc(NCc2cc(C#N)cs2)no1. The Morgan fingerprint density at radius 1 is 1.60 bits per heavy atom. The van der Waals surface area contributed by atoms with Gasteiger partial charge in [0, 0.05) is 16.3 Å². The monoisotopic (exact) mass is 219 g/mol. The molecule has 0 aliphatic carbocycles. The summed E-state index contributed by atoms with van der Waals surface area (Å²) in [5.41, 5.74) is 0.702. The van der Waals surface area contributed by atoms with Gasteiger partial charge in [0.1, 0.15) is 11.8 Å². The summed E-state index contributed by atoms with van der Waals surface area (Å²) in [7, 11) is 0. The Labute approximate surface area is 91.1 Å². The number of anilines is 1. The summed E-state index contributed by atoms with van der Waals surface area (Å²) in [5.74, 6) is 1.50. The molecule has 0 radical (unpaired) electrons. The van der Waals surface area contributed by atoms with Gasteiger partial charge in [-0.25, -0.2) is 0 Å². The van der Waals surface area contributed by atoms with Crippen LogP contribution in [0.5, 0.6) is 0 Å².